The summed E-state index contributed by atoms with van der Waals surface area (Å²) in [4.78, 5) is 13.2. The highest BCUT2D eigenvalue weighted by Gasteiger charge is 2.12. The summed E-state index contributed by atoms with van der Waals surface area (Å²) in [7, 11) is 2.07. The van der Waals surface area contributed by atoms with Gasteiger partial charge in [0.1, 0.15) is 17.0 Å². The summed E-state index contributed by atoms with van der Waals surface area (Å²) in [5.74, 6) is 1.03. The Bertz CT molecular complexity index is 476. The van der Waals surface area contributed by atoms with Gasteiger partial charge in [-0.15, -0.1) is 11.3 Å². The van der Waals surface area contributed by atoms with E-state index in [1.165, 1.54) is 4.88 Å². The molecule has 0 radical (unpaired) electrons. The maximum Gasteiger partial charge on any atom is 0.140 e. The highest BCUT2D eigenvalue weighted by atomic mass is 32.1. The first-order valence-corrected chi connectivity index (χ1v) is 5.85. The van der Waals surface area contributed by atoms with Crippen LogP contribution in [0.2, 0.25) is 0 Å². The van der Waals surface area contributed by atoms with Crippen LogP contribution in [0.1, 0.15) is 18.7 Å². The van der Waals surface area contributed by atoms with Crippen LogP contribution in [0.4, 0.5) is 5.82 Å². The van der Waals surface area contributed by atoms with Gasteiger partial charge in [0.25, 0.3) is 0 Å². The molecule has 2 aromatic rings. The van der Waals surface area contributed by atoms with E-state index in [4.69, 9.17) is 0 Å². The van der Waals surface area contributed by atoms with Gasteiger partial charge in [-0.1, -0.05) is 0 Å². The van der Waals surface area contributed by atoms with Crippen molar-refractivity contribution in [2.24, 2.45) is 0 Å². The molecule has 0 amide bonds. The summed E-state index contributed by atoms with van der Waals surface area (Å²) >= 11 is 1.72. The Morgan fingerprint density at radius 1 is 1.33 bits per heavy atom. The monoisotopic (exact) mass is 221 g/mol. The van der Waals surface area contributed by atoms with Gasteiger partial charge in [0, 0.05) is 18.0 Å². The van der Waals surface area contributed by atoms with Crippen LogP contribution in [0.15, 0.2) is 12.4 Å². The zero-order valence-electron chi connectivity index (χ0n) is 9.48. The minimum Gasteiger partial charge on any atom is -0.357 e. The standard InChI is InChI=1S/C11H15N3S/c1-7(2)14(4)10-9-5-8(3)15-11(9)13-6-12-10/h5-7H,1-4H3. The van der Waals surface area contributed by atoms with Crippen LogP contribution < -0.4 is 4.90 Å². The molecule has 2 heterocycles. The van der Waals surface area contributed by atoms with Crippen molar-refractivity contribution in [2.45, 2.75) is 26.8 Å². The molecule has 4 heteroatoms. The Morgan fingerprint density at radius 3 is 2.73 bits per heavy atom. The van der Waals surface area contributed by atoms with E-state index in [-0.39, 0.29) is 0 Å². The van der Waals surface area contributed by atoms with Crippen LogP contribution in [0, 0.1) is 6.92 Å². The summed E-state index contributed by atoms with van der Waals surface area (Å²) < 4.78 is 0. The second kappa shape index (κ2) is 3.77. The summed E-state index contributed by atoms with van der Waals surface area (Å²) in [6, 6.07) is 2.61. The van der Waals surface area contributed by atoms with Crippen LogP contribution in [-0.2, 0) is 0 Å². The number of hydrogen-bond donors (Lipinski definition) is 0. The second-order valence-corrected chi connectivity index (χ2v) is 5.21. The number of fused-ring (bicyclic) bond motifs is 1. The Balaban J connectivity index is 2.59. The minimum absolute atomic E-state index is 0.448. The summed E-state index contributed by atoms with van der Waals surface area (Å²) in [5, 5.41) is 1.16. The zero-order valence-corrected chi connectivity index (χ0v) is 10.3. The van der Waals surface area contributed by atoms with Crippen molar-refractivity contribution in [3.63, 3.8) is 0 Å². The first-order chi connectivity index (χ1) is 7.09. The number of aryl methyl sites for hydroxylation is 1. The smallest absolute Gasteiger partial charge is 0.140 e. The minimum atomic E-state index is 0.448. The Kier molecular flexibility index (Phi) is 2.61. The predicted molar refractivity (Wildman–Crippen MR) is 65.7 cm³/mol. The molecule has 0 spiro atoms. The van der Waals surface area contributed by atoms with Crippen molar-refractivity contribution in [1.82, 2.24) is 9.97 Å². The van der Waals surface area contributed by atoms with Crippen LogP contribution in [0.3, 0.4) is 0 Å². The molecule has 0 aromatic carbocycles. The van der Waals surface area contributed by atoms with E-state index in [2.05, 4.69) is 48.8 Å². The number of anilines is 1. The summed E-state index contributed by atoms with van der Waals surface area (Å²) in [5.41, 5.74) is 0. The Morgan fingerprint density at radius 2 is 2.07 bits per heavy atom. The van der Waals surface area contributed by atoms with E-state index < -0.39 is 0 Å². The number of hydrogen-bond acceptors (Lipinski definition) is 4. The van der Waals surface area contributed by atoms with Gasteiger partial charge in [0.15, 0.2) is 0 Å². The normalized spacial score (nSPS) is 11.3. The summed E-state index contributed by atoms with van der Waals surface area (Å²) in [6.07, 6.45) is 1.65. The fourth-order valence-electron chi connectivity index (χ4n) is 1.49. The molecule has 0 aliphatic rings. The third-order valence-electron chi connectivity index (χ3n) is 2.54. The van der Waals surface area contributed by atoms with E-state index in [9.17, 15) is 0 Å². The topological polar surface area (TPSA) is 29.0 Å². The van der Waals surface area contributed by atoms with E-state index in [1.54, 1.807) is 17.7 Å². The predicted octanol–water partition coefficient (Wildman–Crippen LogP) is 2.84. The van der Waals surface area contributed by atoms with Crippen LogP contribution >= 0.6 is 11.3 Å². The second-order valence-electron chi connectivity index (χ2n) is 3.98. The van der Waals surface area contributed by atoms with Crippen molar-refractivity contribution in [3.8, 4) is 0 Å². The first kappa shape index (κ1) is 10.4. The largest absolute Gasteiger partial charge is 0.357 e. The lowest BCUT2D eigenvalue weighted by Crippen LogP contribution is -2.26. The van der Waals surface area contributed by atoms with Gasteiger partial charge in [-0.05, 0) is 26.8 Å². The lowest BCUT2D eigenvalue weighted by atomic mass is 10.3. The van der Waals surface area contributed by atoms with Crippen LogP contribution in [0.25, 0.3) is 10.2 Å². The van der Waals surface area contributed by atoms with Crippen LogP contribution in [0.5, 0.6) is 0 Å². The van der Waals surface area contributed by atoms with E-state index in [0.717, 1.165) is 16.0 Å². The Labute approximate surface area is 93.8 Å². The number of nitrogens with zero attached hydrogens (tertiary/aromatic N) is 3. The molecule has 0 saturated heterocycles. The average molecular weight is 221 g/mol. The first-order valence-electron chi connectivity index (χ1n) is 5.03. The van der Waals surface area contributed by atoms with Crippen molar-refractivity contribution < 1.29 is 0 Å². The molecule has 0 atom stereocenters. The number of rotatable bonds is 2. The van der Waals surface area contributed by atoms with Crippen molar-refractivity contribution in [2.75, 3.05) is 11.9 Å². The molecule has 0 saturated carbocycles. The molecule has 0 aliphatic heterocycles. The molecule has 0 aliphatic carbocycles. The molecule has 80 valence electrons. The molecular formula is C11H15N3S. The molecule has 2 aromatic heterocycles. The fourth-order valence-corrected chi connectivity index (χ4v) is 2.33. The Hall–Kier alpha value is -1.16. The third kappa shape index (κ3) is 1.81. The van der Waals surface area contributed by atoms with Gasteiger partial charge < -0.3 is 4.90 Å². The molecule has 0 bridgehead atoms. The quantitative estimate of drug-likeness (QED) is 0.781. The molecule has 2 rings (SSSR count). The van der Waals surface area contributed by atoms with Crippen molar-refractivity contribution in [1.29, 1.82) is 0 Å². The fraction of sp³-hybridized carbons (Fsp3) is 0.455. The lowest BCUT2D eigenvalue weighted by molar-refractivity contribution is 0.745. The highest BCUT2D eigenvalue weighted by molar-refractivity contribution is 7.18. The molecule has 3 nitrogen and oxygen atoms in total. The van der Waals surface area contributed by atoms with Gasteiger partial charge >= 0.3 is 0 Å². The summed E-state index contributed by atoms with van der Waals surface area (Å²) in [6.45, 7) is 6.42. The highest BCUT2D eigenvalue weighted by Crippen LogP contribution is 2.29. The van der Waals surface area contributed by atoms with E-state index >= 15 is 0 Å². The third-order valence-corrected chi connectivity index (χ3v) is 3.50. The molecule has 0 N–H and O–H groups in total. The lowest BCUT2D eigenvalue weighted by Gasteiger charge is -2.22. The maximum atomic E-state index is 4.36. The van der Waals surface area contributed by atoms with E-state index in [1.807, 2.05) is 0 Å². The number of aromatic nitrogens is 2. The molecular weight excluding hydrogens is 206 g/mol. The number of thiophene rings is 1. The van der Waals surface area contributed by atoms with Gasteiger partial charge in [0.05, 0.1) is 5.39 Å². The van der Waals surface area contributed by atoms with Gasteiger partial charge in [-0.2, -0.15) is 0 Å². The maximum absolute atomic E-state index is 4.36. The molecule has 0 unspecified atom stereocenters. The van der Waals surface area contributed by atoms with Gasteiger partial charge in [0.2, 0.25) is 0 Å². The van der Waals surface area contributed by atoms with Crippen LogP contribution in [-0.4, -0.2) is 23.1 Å². The average Bonchev–Trinajstić information content (AvgIpc) is 2.56. The molecule has 0 fully saturated rings. The zero-order chi connectivity index (χ0) is 11.0. The molecule has 15 heavy (non-hydrogen) atoms. The van der Waals surface area contributed by atoms with Gasteiger partial charge in [-0.25, -0.2) is 9.97 Å². The van der Waals surface area contributed by atoms with E-state index in [0.29, 0.717) is 6.04 Å². The van der Waals surface area contributed by atoms with Gasteiger partial charge in [-0.3, -0.25) is 0 Å². The van der Waals surface area contributed by atoms with Crippen molar-refractivity contribution in [3.05, 3.63) is 17.3 Å². The van der Waals surface area contributed by atoms with Crippen molar-refractivity contribution >= 4 is 27.4 Å². The SMILES string of the molecule is Cc1cc2c(N(C)C(C)C)ncnc2s1.